The molecule has 1 amide bonds. The van der Waals surface area contributed by atoms with Gasteiger partial charge in [-0.25, -0.2) is 0 Å². The monoisotopic (exact) mass is 393 g/mol. The van der Waals surface area contributed by atoms with E-state index < -0.39 is 0 Å². The number of thiophene rings is 1. The maximum Gasteiger partial charge on any atom is 0.225 e. The van der Waals surface area contributed by atoms with Crippen LogP contribution in [0.15, 0.2) is 11.4 Å². The minimum Gasteiger partial charge on any atom is -0.355 e. The molecule has 3 rings (SSSR count). The summed E-state index contributed by atoms with van der Waals surface area (Å²) < 4.78 is 0. The Bertz CT molecular complexity index is 536. The van der Waals surface area contributed by atoms with Gasteiger partial charge in [0, 0.05) is 36.6 Å². The molecule has 2 aliphatic rings. The molecule has 138 valence electrons. The molecule has 4 nitrogen and oxygen atoms in total. The molecular formula is C17H29Cl2N3OS. The van der Waals surface area contributed by atoms with Crippen molar-refractivity contribution in [1.29, 1.82) is 0 Å². The smallest absolute Gasteiger partial charge is 0.225 e. The van der Waals surface area contributed by atoms with E-state index in [1.807, 2.05) is 18.3 Å². The van der Waals surface area contributed by atoms with E-state index in [0.717, 1.165) is 58.3 Å². The molecule has 0 aromatic carbocycles. The van der Waals surface area contributed by atoms with Crippen molar-refractivity contribution in [2.24, 2.45) is 11.7 Å². The Labute approximate surface area is 161 Å². The van der Waals surface area contributed by atoms with Gasteiger partial charge in [-0.2, -0.15) is 0 Å². The highest BCUT2D eigenvalue weighted by atomic mass is 35.5. The molecule has 2 atom stereocenters. The molecule has 0 bridgehead atoms. The van der Waals surface area contributed by atoms with Crippen LogP contribution >= 0.6 is 36.2 Å². The van der Waals surface area contributed by atoms with Crippen LogP contribution in [0.1, 0.15) is 43.0 Å². The van der Waals surface area contributed by atoms with Crippen molar-refractivity contribution in [3.05, 3.63) is 21.9 Å². The van der Waals surface area contributed by atoms with Gasteiger partial charge in [-0.1, -0.05) is 12.8 Å². The van der Waals surface area contributed by atoms with Crippen molar-refractivity contribution in [1.82, 2.24) is 10.2 Å². The number of fused-ring (bicyclic) bond motifs is 1. The zero-order valence-electron chi connectivity index (χ0n) is 14.3. The summed E-state index contributed by atoms with van der Waals surface area (Å²) in [5.74, 6) is 0.129. The van der Waals surface area contributed by atoms with E-state index in [4.69, 9.17) is 5.73 Å². The van der Waals surface area contributed by atoms with E-state index in [-0.39, 0.29) is 42.2 Å². The first kappa shape index (κ1) is 21.7. The number of nitrogens with two attached hydrogens (primary N) is 1. The highest BCUT2D eigenvalue weighted by Gasteiger charge is 2.37. The quantitative estimate of drug-likeness (QED) is 0.826. The second kappa shape index (κ2) is 9.39. The number of rotatable bonds is 4. The first-order valence-electron chi connectivity index (χ1n) is 8.40. The summed E-state index contributed by atoms with van der Waals surface area (Å²) in [5.41, 5.74) is 7.44. The molecule has 2 heterocycles. The lowest BCUT2D eigenvalue weighted by Crippen LogP contribution is -2.53. The molecule has 1 saturated carbocycles. The topological polar surface area (TPSA) is 58.4 Å². The molecule has 24 heavy (non-hydrogen) atoms. The summed E-state index contributed by atoms with van der Waals surface area (Å²) in [6.07, 6.45) is 5.30. The predicted octanol–water partition coefficient (Wildman–Crippen LogP) is 2.97. The van der Waals surface area contributed by atoms with Gasteiger partial charge in [-0.3, -0.25) is 9.69 Å². The van der Waals surface area contributed by atoms with E-state index in [1.54, 1.807) is 0 Å². The molecule has 1 aromatic rings. The standard InChI is InChI=1S/C17H27N3OS.2ClH/c1-17(18)7-3-2-4-14(17)16(21)19-8-10-20-9-5-15-13(12-20)6-11-22-15;;/h6,11,14H,2-5,7-10,12,18H2,1H3,(H,19,21);2*1H. The molecule has 3 N–H and O–H groups in total. The van der Waals surface area contributed by atoms with Gasteiger partial charge in [-0.15, -0.1) is 36.2 Å². The Morgan fingerprint density at radius 3 is 3.00 bits per heavy atom. The Hall–Kier alpha value is -0.330. The zero-order valence-corrected chi connectivity index (χ0v) is 16.7. The normalized spacial score (nSPS) is 26.7. The number of carbonyl (C=O) groups is 1. The number of amides is 1. The summed E-state index contributed by atoms with van der Waals surface area (Å²) in [6.45, 7) is 5.80. The van der Waals surface area contributed by atoms with Crippen LogP contribution in [0.2, 0.25) is 0 Å². The van der Waals surface area contributed by atoms with Gasteiger partial charge in [-0.05, 0) is 43.2 Å². The number of nitrogens with zero attached hydrogens (tertiary/aromatic N) is 1. The maximum absolute atomic E-state index is 12.4. The van der Waals surface area contributed by atoms with Gasteiger partial charge in [0.2, 0.25) is 5.91 Å². The number of halogens is 2. The van der Waals surface area contributed by atoms with Crippen LogP contribution in [-0.4, -0.2) is 36.0 Å². The lowest BCUT2D eigenvalue weighted by Gasteiger charge is -2.37. The number of hydrogen-bond acceptors (Lipinski definition) is 4. The van der Waals surface area contributed by atoms with Gasteiger partial charge >= 0.3 is 0 Å². The van der Waals surface area contributed by atoms with Crippen molar-refractivity contribution in [2.45, 2.75) is 51.1 Å². The van der Waals surface area contributed by atoms with Crippen LogP contribution in [0.25, 0.3) is 0 Å². The van der Waals surface area contributed by atoms with E-state index in [9.17, 15) is 4.79 Å². The highest BCUT2D eigenvalue weighted by Crippen LogP contribution is 2.31. The van der Waals surface area contributed by atoms with Crippen LogP contribution < -0.4 is 11.1 Å². The van der Waals surface area contributed by atoms with Crippen LogP contribution in [0.4, 0.5) is 0 Å². The molecule has 1 aliphatic heterocycles. The molecule has 1 aliphatic carbocycles. The summed E-state index contributed by atoms with van der Waals surface area (Å²) in [6, 6.07) is 2.23. The highest BCUT2D eigenvalue weighted by molar-refractivity contribution is 7.10. The van der Waals surface area contributed by atoms with E-state index in [1.165, 1.54) is 10.4 Å². The molecule has 2 unspecified atom stereocenters. The summed E-state index contributed by atoms with van der Waals surface area (Å²) in [7, 11) is 0. The minimum atomic E-state index is -0.334. The average Bonchev–Trinajstić information content (AvgIpc) is 2.94. The van der Waals surface area contributed by atoms with Crippen molar-refractivity contribution in [3.8, 4) is 0 Å². The Balaban J connectivity index is 0.00000144. The van der Waals surface area contributed by atoms with Crippen molar-refractivity contribution in [3.63, 3.8) is 0 Å². The molecule has 1 aromatic heterocycles. The zero-order chi connectivity index (χ0) is 15.6. The summed E-state index contributed by atoms with van der Waals surface area (Å²) in [4.78, 5) is 16.4. The van der Waals surface area contributed by atoms with Crippen molar-refractivity contribution >= 4 is 42.1 Å². The van der Waals surface area contributed by atoms with Gasteiger partial charge in [0.1, 0.15) is 0 Å². The Kier molecular flexibility index (Phi) is 8.50. The number of hydrogen-bond donors (Lipinski definition) is 2. The molecule has 0 radical (unpaired) electrons. The van der Waals surface area contributed by atoms with Crippen LogP contribution in [0.5, 0.6) is 0 Å². The lowest BCUT2D eigenvalue weighted by molar-refractivity contribution is -0.128. The SMILES string of the molecule is CC1(N)CCCCC1C(=O)NCCN1CCc2sccc2C1.Cl.Cl. The Morgan fingerprint density at radius 2 is 2.25 bits per heavy atom. The van der Waals surface area contributed by atoms with Crippen LogP contribution in [0, 0.1) is 5.92 Å². The fourth-order valence-electron chi connectivity index (χ4n) is 3.75. The van der Waals surface area contributed by atoms with Gasteiger partial charge in [0.15, 0.2) is 0 Å². The first-order chi connectivity index (χ1) is 10.6. The maximum atomic E-state index is 12.4. The third-order valence-electron chi connectivity index (χ3n) is 5.18. The van der Waals surface area contributed by atoms with Gasteiger partial charge in [0.05, 0.1) is 5.92 Å². The van der Waals surface area contributed by atoms with E-state index in [2.05, 4.69) is 21.7 Å². The predicted molar refractivity (Wildman–Crippen MR) is 105 cm³/mol. The molecular weight excluding hydrogens is 365 g/mol. The van der Waals surface area contributed by atoms with Gasteiger partial charge in [0.25, 0.3) is 0 Å². The Morgan fingerprint density at radius 1 is 1.46 bits per heavy atom. The third kappa shape index (κ3) is 5.09. The second-order valence-corrected chi connectivity index (χ2v) is 7.99. The van der Waals surface area contributed by atoms with E-state index in [0.29, 0.717) is 0 Å². The largest absolute Gasteiger partial charge is 0.355 e. The summed E-state index contributed by atoms with van der Waals surface area (Å²) in [5, 5.41) is 5.30. The first-order valence-corrected chi connectivity index (χ1v) is 9.28. The second-order valence-electron chi connectivity index (χ2n) is 6.99. The number of nitrogens with one attached hydrogen (secondary N) is 1. The van der Waals surface area contributed by atoms with Crippen molar-refractivity contribution < 1.29 is 4.79 Å². The average molecular weight is 394 g/mol. The fourth-order valence-corrected chi connectivity index (χ4v) is 4.64. The molecule has 1 fully saturated rings. The van der Waals surface area contributed by atoms with Gasteiger partial charge < -0.3 is 11.1 Å². The molecule has 7 heteroatoms. The fraction of sp³-hybridized carbons (Fsp3) is 0.706. The van der Waals surface area contributed by atoms with Crippen molar-refractivity contribution in [2.75, 3.05) is 19.6 Å². The van der Waals surface area contributed by atoms with E-state index >= 15 is 0 Å². The molecule has 0 saturated heterocycles. The minimum absolute atomic E-state index is 0. The van der Waals surface area contributed by atoms with Crippen LogP contribution in [-0.2, 0) is 17.8 Å². The molecule has 0 spiro atoms. The number of carbonyl (C=O) groups excluding carboxylic acids is 1. The van der Waals surface area contributed by atoms with Crippen LogP contribution in [0.3, 0.4) is 0 Å². The summed E-state index contributed by atoms with van der Waals surface area (Å²) >= 11 is 1.86. The lowest BCUT2D eigenvalue weighted by atomic mass is 9.74. The third-order valence-corrected chi connectivity index (χ3v) is 6.21.